The second kappa shape index (κ2) is 6.60. The fraction of sp³-hybridized carbons (Fsp3) is 0.556. The summed E-state index contributed by atoms with van der Waals surface area (Å²) in [6.45, 7) is 7.68. The molecule has 1 aliphatic rings. The number of carbonyl (C=O) groups is 2. The van der Waals surface area contributed by atoms with E-state index in [1.807, 2.05) is 19.9 Å². The summed E-state index contributed by atoms with van der Waals surface area (Å²) in [7, 11) is 1.72. The summed E-state index contributed by atoms with van der Waals surface area (Å²) in [6, 6.07) is 1.99. The van der Waals surface area contributed by atoms with Gasteiger partial charge in [-0.05, 0) is 25.7 Å². The van der Waals surface area contributed by atoms with Crippen LogP contribution in [-0.4, -0.2) is 35.2 Å². The van der Waals surface area contributed by atoms with Crippen molar-refractivity contribution in [1.29, 1.82) is 5.26 Å². The lowest BCUT2D eigenvalue weighted by Gasteiger charge is -2.32. The van der Waals surface area contributed by atoms with E-state index in [1.165, 1.54) is 0 Å². The molecule has 0 bridgehead atoms. The summed E-state index contributed by atoms with van der Waals surface area (Å²) in [5.74, 6) is 0.806. The Morgan fingerprint density at radius 2 is 2.17 bits per heavy atom. The van der Waals surface area contributed by atoms with Gasteiger partial charge in [-0.2, -0.15) is 5.26 Å². The van der Waals surface area contributed by atoms with Crippen molar-refractivity contribution >= 4 is 11.7 Å². The van der Waals surface area contributed by atoms with Gasteiger partial charge in [0.15, 0.2) is 17.4 Å². The molecule has 0 saturated carbocycles. The molecule has 0 N–H and O–H groups in total. The Morgan fingerprint density at radius 1 is 1.50 bits per heavy atom. The molecule has 1 aliphatic carbocycles. The number of Topliss-reactive ketones (excluding diaryl/α,β-unsaturated/α-hetero) is 1. The average Bonchev–Trinajstić information content (AvgIpc) is 2.85. The summed E-state index contributed by atoms with van der Waals surface area (Å²) in [6.07, 6.45) is 3.12. The van der Waals surface area contributed by atoms with E-state index in [1.54, 1.807) is 31.9 Å². The highest BCUT2D eigenvalue weighted by Gasteiger charge is 2.37. The molecular formula is C18H23N3O3. The Hall–Kier alpha value is -2.42. The van der Waals surface area contributed by atoms with Crippen LogP contribution in [0.25, 0.3) is 0 Å². The quantitative estimate of drug-likeness (QED) is 0.847. The standard InChI is InChI=1S/C18H23N3O3/c1-11-15(20-12(2)24-11)17(23)21(5)7-6-13-8-14(10-19)16(22)18(3,4)9-13/h8,13H,6-7,9H2,1-5H3. The largest absolute Gasteiger partial charge is 0.445 e. The van der Waals surface area contributed by atoms with Gasteiger partial charge in [0.25, 0.3) is 5.91 Å². The molecule has 0 aromatic carbocycles. The van der Waals surface area contributed by atoms with Crippen LogP contribution >= 0.6 is 0 Å². The van der Waals surface area contributed by atoms with Gasteiger partial charge in [-0.1, -0.05) is 19.9 Å². The van der Waals surface area contributed by atoms with Gasteiger partial charge >= 0.3 is 0 Å². The van der Waals surface area contributed by atoms with E-state index in [0.29, 0.717) is 36.7 Å². The van der Waals surface area contributed by atoms with Gasteiger partial charge in [0.1, 0.15) is 11.8 Å². The molecule has 1 atom stereocenters. The van der Waals surface area contributed by atoms with E-state index in [2.05, 4.69) is 4.98 Å². The van der Waals surface area contributed by atoms with Crippen molar-refractivity contribution in [3.8, 4) is 6.07 Å². The molecule has 1 aromatic heterocycles. The summed E-state index contributed by atoms with van der Waals surface area (Å²) in [5.41, 5.74) is 0.0305. The molecule has 0 spiro atoms. The van der Waals surface area contributed by atoms with E-state index >= 15 is 0 Å². The topological polar surface area (TPSA) is 87.2 Å². The number of nitrogens with zero attached hydrogens (tertiary/aromatic N) is 3. The zero-order chi connectivity index (χ0) is 18.1. The lowest BCUT2D eigenvalue weighted by molar-refractivity contribution is -0.124. The second-order valence-electron chi connectivity index (χ2n) is 7.02. The second-order valence-corrected chi connectivity index (χ2v) is 7.02. The highest BCUT2D eigenvalue weighted by Crippen LogP contribution is 2.36. The van der Waals surface area contributed by atoms with Gasteiger partial charge < -0.3 is 9.32 Å². The molecule has 6 nitrogen and oxygen atoms in total. The minimum Gasteiger partial charge on any atom is -0.445 e. The molecule has 0 saturated heterocycles. The number of amides is 1. The number of hydrogen-bond donors (Lipinski definition) is 0. The van der Waals surface area contributed by atoms with Crippen LogP contribution in [0, 0.1) is 36.5 Å². The Balaban J connectivity index is 2.04. The first-order chi connectivity index (χ1) is 11.2. The van der Waals surface area contributed by atoms with Crippen molar-refractivity contribution < 1.29 is 14.0 Å². The first-order valence-corrected chi connectivity index (χ1v) is 8.02. The van der Waals surface area contributed by atoms with Crippen molar-refractivity contribution in [2.75, 3.05) is 13.6 Å². The van der Waals surface area contributed by atoms with E-state index in [4.69, 9.17) is 9.68 Å². The van der Waals surface area contributed by atoms with Crippen LogP contribution in [0.15, 0.2) is 16.1 Å². The predicted molar refractivity (Wildman–Crippen MR) is 88.1 cm³/mol. The fourth-order valence-corrected chi connectivity index (χ4v) is 3.13. The van der Waals surface area contributed by atoms with Crippen LogP contribution in [0.2, 0.25) is 0 Å². The number of hydrogen-bond acceptors (Lipinski definition) is 5. The maximum Gasteiger partial charge on any atom is 0.275 e. The van der Waals surface area contributed by atoms with Gasteiger partial charge in [-0.15, -0.1) is 0 Å². The molecule has 128 valence electrons. The molecule has 2 rings (SSSR count). The number of aromatic nitrogens is 1. The van der Waals surface area contributed by atoms with Crippen molar-refractivity contribution in [3.05, 3.63) is 29.0 Å². The number of ketones is 1. The molecule has 1 amide bonds. The first kappa shape index (κ1) is 17.9. The third kappa shape index (κ3) is 3.56. The SMILES string of the molecule is Cc1nc(C(=O)N(C)CCC2C=C(C#N)C(=O)C(C)(C)C2)c(C)o1. The molecule has 1 unspecified atom stereocenters. The van der Waals surface area contributed by atoms with Crippen LogP contribution in [-0.2, 0) is 4.79 Å². The smallest absolute Gasteiger partial charge is 0.275 e. The number of aryl methyl sites for hydroxylation is 2. The Morgan fingerprint density at radius 3 is 2.71 bits per heavy atom. The zero-order valence-electron chi connectivity index (χ0n) is 14.8. The first-order valence-electron chi connectivity index (χ1n) is 8.02. The van der Waals surface area contributed by atoms with Crippen LogP contribution < -0.4 is 0 Å². The minimum absolute atomic E-state index is 0.0978. The normalized spacial score (nSPS) is 19.6. The van der Waals surface area contributed by atoms with E-state index < -0.39 is 5.41 Å². The van der Waals surface area contributed by atoms with E-state index in [0.717, 1.165) is 0 Å². The third-order valence-corrected chi connectivity index (χ3v) is 4.44. The highest BCUT2D eigenvalue weighted by molar-refractivity contribution is 6.03. The molecule has 0 fully saturated rings. The van der Waals surface area contributed by atoms with Crippen molar-refractivity contribution in [1.82, 2.24) is 9.88 Å². The Kier molecular flexibility index (Phi) is 4.93. The Labute approximate surface area is 142 Å². The molecule has 24 heavy (non-hydrogen) atoms. The zero-order valence-corrected chi connectivity index (χ0v) is 14.8. The number of carbonyl (C=O) groups excluding carboxylic acids is 2. The maximum atomic E-state index is 12.4. The van der Waals surface area contributed by atoms with Crippen LogP contribution in [0.5, 0.6) is 0 Å². The summed E-state index contributed by atoms with van der Waals surface area (Å²) in [4.78, 5) is 30.3. The summed E-state index contributed by atoms with van der Waals surface area (Å²) < 4.78 is 5.31. The van der Waals surface area contributed by atoms with Crippen molar-refractivity contribution in [3.63, 3.8) is 0 Å². The third-order valence-electron chi connectivity index (χ3n) is 4.44. The number of allylic oxidation sites excluding steroid dienone is 2. The predicted octanol–water partition coefficient (Wildman–Crippen LogP) is 2.82. The van der Waals surface area contributed by atoms with Crippen LogP contribution in [0.4, 0.5) is 0 Å². The summed E-state index contributed by atoms with van der Waals surface area (Å²) in [5, 5.41) is 9.14. The molecule has 0 aliphatic heterocycles. The summed E-state index contributed by atoms with van der Waals surface area (Å²) >= 11 is 0. The highest BCUT2D eigenvalue weighted by atomic mass is 16.4. The number of oxazole rings is 1. The number of nitriles is 1. The minimum atomic E-state index is -0.535. The number of rotatable bonds is 4. The monoisotopic (exact) mass is 329 g/mol. The fourth-order valence-electron chi connectivity index (χ4n) is 3.13. The lowest BCUT2D eigenvalue weighted by Crippen LogP contribution is -2.34. The molecular weight excluding hydrogens is 306 g/mol. The van der Waals surface area contributed by atoms with Crippen molar-refractivity contribution in [2.24, 2.45) is 11.3 Å². The van der Waals surface area contributed by atoms with Gasteiger partial charge in [-0.3, -0.25) is 9.59 Å². The Bertz CT molecular complexity index is 737. The van der Waals surface area contributed by atoms with Crippen LogP contribution in [0.1, 0.15) is 48.8 Å². The van der Waals surface area contributed by atoms with Crippen LogP contribution in [0.3, 0.4) is 0 Å². The van der Waals surface area contributed by atoms with Gasteiger partial charge in [0.2, 0.25) is 0 Å². The van der Waals surface area contributed by atoms with Gasteiger partial charge in [0, 0.05) is 25.9 Å². The molecule has 0 radical (unpaired) electrons. The molecule has 6 heteroatoms. The maximum absolute atomic E-state index is 12.4. The van der Waals surface area contributed by atoms with Crippen molar-refractivity contribution in [2.45, 2.75) is 40.5 Å². The molecule has 1 aromatic rings. The molecule has 1 heterocycles. The average molecular weight is 329 g/mol. The van der Waals surface area contributed by atoms with Gasteiger partial charge in [-0.25, -0.2) is 4.98 Å². The lowest BCUT2D eigenvalue weighted by atomic mass is 9.71. The van der Waals surface area contributed by atoms with E-state index in [9.17, 15) is 9.59 Å². The van der Waals surface area contributed by atoms with Gasteiger partial charge in [0.05, 0.1) is 5.57 Å². The van der Waals surface area contributed by atoms with E-state index in [-0.39, 0.29) is 23.2 Å².